The largest absolute Gasteiger partial charge is 0.348 e. The first kappa shape index (κ1) is 14.8. The van der Waals surface area contributed by atoms with Crippen LogP contribution in [-0.2, 0) is 16.8 Å². The molecule has 4 rings (SSSR count). The van der Waals surface area contributed by atoms with Crippen LogP contribution in [0.2, 0.25) is 0 Å². The maximum Gasteiger partial charge on any atom is 0.231 e. The molecule has 1 aromatic carbocycles. The number of halogens is 1. The molecule has 0 saturated heterocycles. The van der Waals surface area contributed by atoms with Gasteiger partial charge in [-0.1, -0.05) is 24.6 Å². The van der Waals surface area contributed by atoms with Crippen LogP contribution in [0.1, 0.15) is 30.7 Å². The number of carbonyl (C=O) groups excluding carboxylic acids is 1. The monoisotopic (exact) mass is 324 g/mol. The molecule has 0 atom stereocenters. The fourth-order valence-corrected chi connectivity index (χ4v) is 3.29. The van der Waals surface area contributed by atoms with E-state index in [4.69, 9.17) is 0 Å². The van der Waals surface area contributed by atoms with Crippen molar-refractivity contribution < 1.29 is 9.18 Å². The summed E-state index contributed by atoms with van der Waals surface area (Å²) < 4.78 is 15.0. The molecule has 1 fully saturated rings. The van der Waals surface area contributed by atoms with E-state index < -0.39 is 5.41 Å². The number of hydrogen-bond acceptors (Lipinski definition) is 3. The highest BCUT2D eigenvalue weighted by Crippen LogP contribution is 2.44. The Labute approximate surface area is 138 Å². The van der Waals surface area contributed by atoms with Gasteiger partial charge in [0, 0.05) is 6.20 Å². The minimum Gasteiger partial charge on any atom is -0.348 e. The number of pyridine rings is 1. The van der Waals surface area contributed by atoms with Gasteiger partial charge in [0.15, 0.2) is 11.5 Å². The van der Waals surface area contributed by atoms with Gasteiger partial charge in [0.2, 0.25) is 5.91 Å². The summed E-state index contributed by atoms with van der Waals surface area (Å²) in [6.07, 6.45) is 4.44. The van der Waals surface area contributed by atoms with Gasteiger partial charge in [-0.2, -0.15) is 0 Å². The molecule has 1 aliphatic carbocycles. The lowest BCUT2D eigenvalue weighted by Gasteiger charge is -2.40. The highest BCUT2D eigenvalue weighted by atomic mass is 19.1. The first-order chi connectivity index (χ1) is 11.7. The van der Waals surface area contributed by atoms with E-state index in [-0.39, 0.29) is 11.7 Å². The number of benzene rings is 1. The molecule has 24 heavy (non-hydrogen) atoms. The van der Waals surface area contributed by atoms with Gasteiger partial charge >= 0.3 is 0 Å². The van der Waals surface area contributed by atoms with Gasteiger partial charge in [0.05, 0.1) is 12.0 Å². The highest BCUT2D eigenvalue weighted by Gasteiger charge is 2.45. The average Bonchev–Trinajstić information content (AvgIpc) is 2.97. The van der Waals surface area contributed by atoms with Crippen molar-refractivity contribution in [2.45, 2.75) is 31.2 Å². The van der Waals surface area contributed by atoms with Crippen molar-refractivity contribution in [3.8, 4) is 0 Å². The van der Waals surface area contributed by atoms with E-state index in [1.807, 2.05) is 28.8 Å². The van der Waals surface area contributed by atoms with Crippen LogP contribution in [0.5, 0.6) is 0 Å². The maximum atomic E-state index is 13.2. The van der Waals surface area contributed by atoms with E-state index in [1.54, 1.807) is 12.1 Å². The van der Waals surface area contributed by atoms with E-state index in [0.29, 0.717) is 12.4 Å². The van der Waals surface area contributed by atoms with Gasteiger partial charge in [-0.25, -0.2) is 4.39 Å². The van der Waals surface area contributed by atoms with Crippen molar-refractivity contribution in [3.63, 3.8) is 0 Å². The van der Waals surface area contributed by atoms with E-state index >= 15 is 0 Å². The smallest absolute Gasteiger partial charge is 0.231 e. The second-order valence-corrected chi connectivity index (χ2v) is 6.17. The summed E-state index contributed by atoms with van der Waals surface area (Å²) in [7, 11) is 0. The standard InChI is InChI=1S/C18H17FN4O/c19-14-7-5-13(6-8-14)18(9-3-10-18)17(24)20-12-16-22-21-15-4-1-2-11-23(15)16/h1-2,4-8,11H,3,9-10,12H2,(H,20,24). The molecule has 6 heteroatoms. The minimum absolute atomic E-state index is 0.0342. The molecule has 2 heterocycles. The van der Waals surface area contributed by atoms with Crippen LogP contribution in [0.15, 0.2) is 48.7 Å². The molecule has 1 aliphatic rings. The Hall–Kier alpha value is -2.76. The van der Waals surface area contributed by atoms with Crippen LogP contribution in [0.3, 0.4) is 0 Å². The van der Waals surface area contributed by atoms with Crippen molar-refractivity contribution in [2.24, 2.45) is 0 Å². The van der Waals surface area contributed by atoms with E-state index in [9.17, 15) is 9.18 Å². The zero-order valence-electron chi connectivity index (χ0n) is 13.1. The molecular weight excluding hydrogens is 307 g/mol. The minimum atomic E-state index is -0.547. The van der Waals surface area contributed by atoms with E-state index in [1.165, 1.54) is 12.1 Å². The zero-order chi connectivity index (χ0) is 16.6. The summed E-state index contributed by atoms with van der Waals surface area (Å²) in [5, 5.41) is 11.2. The third-order valence-corrected chi connectivity index (χ3v) is 4.83. The lowest BCUT2D eigenvalue weighted by atomic mass is 9.64. The molecule has 0 bridgehead atoms. The van der Waals surface area contributed by atoms with Crippen molar-refractivity contribution >= 4 is 11.6 Å². The van der Waals surface area contributed by atoms with Gasteiger partial charge in [0.25, 0.3) is 0 Å². The zero-order valence-corrected chi connectivity index (χ0v) is 13.1. The Kier molecular flexibility index (Phi) is 3.52. The van der Waals surface area contributed by atoms with Crippen molar-refractivity contribution in [2.75, 3.05) is 0 Å². The number of amides is 1. The molecule has 3 aromatic rings. The molecule has 0 unspecified atom stereocenters. The number of rotatable bonds is 4. The molecule has 5 nitrogen and oxygen atoms in total. The number of aromatic nitrogens is 3. The summed E-state index contributed by atoms with van der Waals surface area (Å²) in [5.41, 5.74) is 1.08. The summed E-state index contributed by atoms with van der Waals surface area (Å²) in [6, 6.07) is 11.9. The van der Waals surface area contributed by atoms with Gasteiger partial charge in [-0.3, -0.25) is 9.20 Å². The Balaban J connectivity index is 1.53. The Bertz CT molecular complexity index is 883. The molecule has 2 aromatic heterocycles. The average molecular weight is 324 g/mol. The second-order valence-electron chi connectivity index (χ2n) is 6.17. The first-order valence-electron chi connectivity index (χ1n) is 8.02. The van der Waals surface area contributed by atoms with E-state index in [0.717, 1.165) is 30.5 Å². The highest BCUT2D eigenvalue weighted by molar-refractivity contribution is 5.89. The van der Waals surface area contributed by atoms with Gasteiger partial charge in [-0.15, -0.1) is 10.2 Å². The second kappa shape index (κ2) is 5.70. The van der Waals surface area contributed by atoms with Crippen LogP contribution in [0, 0.1) is 5.82 Å². The molecule has 1 N–H and O–H groups in total. The maximum absolute atomic E-state index is 13.2. The number of fused-ring (bicyclic) bond motifs is 1. The summed E-state index contributed by atoms with van der Waals surface area (Å²) in [5.74, 6) is 0.365. The summed E-state index contributed by atoms with van der Waals surface area (Å²) in [6.45, 7) is 0.312. The summed E-state index contributed by atoms with van der Waals surface area (Å²) in [4.78, 5) is 12.8. The fraction of sp³-hybridized carbons (Fsp3) is 0.278. The SMILES string of the molecule is O=C(NCc1nnc2ccccn12)C1(c2ccc(F)cc2)CCC1. The molecule has 0 radical (unpaired) electrons. The van der Waals surface area contributed by atoms with Crippen LogP contribution >= 0.6 is 0 Å². The molecule has 0 aliphatic heterocycles. The van der Waals surface area contributed by atoms with E-state index in [2.05, 4.69) is 15.5 Å². The van der Waals surface area contributed by atoms with Crippen LogP contribution in [0.25, 0.3) is 5.65 Å². The Morgan fingerprint density at radius 3 is 2.67 bits per heavy atom. The third-order valence-electron chi connectivity index (χ3n) is 4.83. The topological polar surface area (TPSA) is 59.3 Å². The first-order valence-corrected chi connectivity index (χ1v) is 8.02. The number of hydrogen-bond donors (Lipinski definition) is 1. The predicted octanol–water partition coefficient (Wildman–Crippen LogP) is 2.61. The Morgan fingerprint density at radius 2 is 1.96 bits per heavy atom. The number of nitrogens with zero attached hydrogens (tertiary/aromatic N) is 3. The van der Waals surface area contributed by atoms with Gasteiger partial charge in [-0.05, 0) is 42.7 Å². The molecular formula is C18H17FN4O. The van der Waals surface area contributed by atoms with Crippen molar-refractivity contribution in [1.29, 1.82) is 0 Å². The normalized spacial score (nSPS) is 15.9. The number of nitrogens with one attached hydrogen (secondary N) is 1. The van der Waals surface area contributed by atoms with Crippen molar-refractivity contribution in [1.82, 2.24) is 19.9 Å². The van der Waals surface area contributed by atoms with Gasteiger partial charge in [0.1, 0.15) is 5.82 Å². The molecule has 122 valence electrons. The molecule has 0 spiro atoms. The quantitative estimate of drug-likeness (QED) is 0.802. The lowest BCUT2D eigenvalue weighted by Crippen LogP contribution is -2.49. The third kappa shape index (κ3) is 2.35. The molecule has 1 amide bonds. The number of carbonyl (C=O) groups is 1. The Morgan fingerprint density at radius 1 is 1.17 bits per heavy atom. The van der Waals surface area contributed by atoms with Crippen LogP contribution in [0.4, 0.5) is 4.39 Å². The van der Waals surface area contributed by atoms with Gasteiger partial charge < -0.3 is 5.32 Å². The van der Waals surface area contributed by atoms with Crippen LogP contribution < -0.4 is 5.32 Å². The molecule has 1 saturated carbocycles. The lowest BCUT2D eigenvalue weighted by molar-refractivity contribution is -0.130. The fourth-order valence-electron chi connectivity index (χ4n) is 3.29. The summed E-state index contributed by atoms with van der Waals surface area (Å²) >= 11 is 0. The predicted molar refractivity (Wildman–Crippen MR) is 86.8 cm³/mol. The van der Waals surface area contributed by atoms with Crippen molar-refractivity contribution in [3.05, 3.63) is 65.9 Å². The van der Waals surface area contributed by atoms with Crippen LogP contribution in [-0.4, -0.2) is 20.5 Å².